The summed E-state index contributed by atoms with van der Waals surface area (Å²) in [7, 11) is 0. The van der Waals surface area contributed by atoms with Crippen molar-refractivity contribution < 1.29 is 9.59 Å². The van der Waals surface area contributed by atoms with E-state index in [4.69, 9.17) is 0 Å². The summed E-state index contributed by atoms with van der Waals surface area (Å²) < 4.78 is 0. The molecule has 1 unspecified atom stereocenters. The second kappa shape index (κ2) is 10.2. The molecule has 1 aromatic carbocycles. The lowest BCUT2D eigenvalue weighted by atomic mass is 9.93. The average molecular weight is 460 g/mol. The van der Waals surface area contributed by atoms with E-state index in [0.717, 1.165) is 45.8 Å². The topological polar surface area (TPSA) is 91.0 Å². The van der Waals surface area contributed by atoms with Gasteiger partial charge in [0.05, 0.1) is 11.6 Å². The summed E-state index contributed by atoms with van der Waals surface area (Å²) in [5.41, 5.74) is 8.39. The van der Waals surface area contributed by atoms with Crippen molar-refractivity contribution in [1.29, 1.82) is 0 Å². The first-order valence-corrected chi connectivity index (χ1v) is 11.9. The zero-order valence-electron chi connectivity index (χ0n) is 20.4. The molecule has 4 rings (SSSR count). The highest BCUT2D eigenvalue weighted by molar-refractivity contribution is 5.83. The van der Waals surface area contributed by atoms with E-state index >= 15 is 0 Å². The number of H-pyrrole nitrogens is 1. The van der Waals surface area contributed by atoms with Crippen molar-refractivity contribution in [3.8, 4) is 0 Å². The molecule has 2 amide bonds. The minimum atomic E-state index is -0.178. The molecule has 0 bridgehead atoms. The number of hydrogen-bond acceptors (Lipinski definition) is 4. The zero-order chi connectivity index (χ0) is 24.2. The van der Waals surface area contributed by atoms with E-state index in [1.165, 1.54) is 5.56 Å². The SMILES string of the molecule is Cc1n[nH]c(C)c1CCC(=O)NCc1c(C)ncc2c1CCN(C(=O)C(C)c1ccccc1)C2. The summed E-state index contributed by atoms with van der Waals surface area (Å²) in [5, 5.41) is 10.2. The third kappa shape index (κ3) is 5.03. The smallest absolute Gasteiger partial charge is 0.230 e. The molecule has 3 heterocycles. The van der Waals surface area contributed by atoms with Crippen LogP contribution < -0.4 is 5.32 Å². The van der Waals surface area contributed by atoms with E-state index in [1.807, 2.05) is 69.1 Å². The predicted octanol–water partition coefficient (Wildman–Crippen LogP) is 3.67. The molecule has 2 N–H and O–H groups in total. The van der Waals surface area contributed by atoms with Crippen LogP contribution in [0.1, 0.15) is 64.2 Å². The Morgan fingerprint density at radius 1 is 1.12 bits per heavy atom. The van der Waals surface area contributed by atoms with E-state index in [0.29, 0.717) is 32.5 Å². The van der Waals surface area contributed by atoms with E-state index in [9.17, 15) is 9.59 Å². The van der Waals surface area contributed by atoms with Crippen molar-refractivity contribution >= 4 is 11.8 Å². The average Bonchev–Trinajstić information content (AvgIpc) is 3.18. The lowest BCUT2D eigenvalue weighted by Gasteiger charge is -2.32. The van der Waals surface area contributed by atoms with Crippen LogP contribution in [0.2, 0.25) is 0 Å². The minimum Gasteiger partial charge on any atom is -0.352 e. The van der Waals surface area contributed by atoms with Gasteiger partial charge in [-0.1, -0.05) is 30.3 Å². The highest BCUT2D eigenvalue weighted by atomic mass is 16.2. The summed E-state index contributed by atoms with van der Waals surface area (Å²) in [6.07, 6.45) is 3.74. The number of aromatic amines is 1. The van der Waals surface area contributed by atoms with E-state index in [2.05, 4.69) is 20.5 Å². The summed E-state index contributed by atoms with van der Waals surface area (Å²) in [4.78, 5) is 32.2. The van der Waals surface area contributed by atoms with Gasteiger partial charge in [-0.25, -0.2) is 0 Å². The Bertz CT molecular complexity index is 1170. The summed E-state index contributed by atoms with van der Waals surface area (Å²) in [6, 6.07) is 9.90. The normalized spacial score (nSPS) is 13.9. The quantitative estimate of drug-likeness (QED) is 0.564. The summed E-state index contributed by atoms with van der Waals surface area (Å²) >= 11 is 0. The second-order valence-corrected chi connectivity index (χ2v) is 9.16. The van der Waals surface area contributed by atoms with Crippen LogP contribution in [-0.2, 0) is 35.5 Å². The molecule has 1 atom stereocenters. The van der Waals surface area contributed by atoms with Gasteiger partial charge in [-0.2, -0.15) is 5.10 Å². The van der Waals surface area contributed by atoms with Crippen molar-refractivity contribution in [2.24, 2.45) is 0 Å². The van der Waals surface area contributed by atoms with Crippen LogP contribution in [-0.4, -0.2) is 38.4 Å². The number of aromatic nitrogens is 3. The number of amides is 2. The Morgan fingerprint density at radius 2 is 1.88 bits per heavy atom. The standard InChI is InChI=1S/C27H33N5O2/c1-17(21-8-6-5-7-9-21)27(34)32-13-12-24-22(16-32)14-28-18(2)25(24)15-29-26(33)11-10-23-19(3)30-31-20(23)4/h5-9,14,17H,10-13,15-16H2,1-4H3,(H,29,33)(H,30,31). The Hall–Kier alpha value is -3.48. The molecule has 0 saturated heterocycles. The third-order valence-corrected chi connectivity index (χ3v) is 6.92. The van der Waals surface area contributed by atoms with Crippen molar-refractivity contribution in [3.63, 3.8) is 0 Å². The maximum atomic E-state index is 13.1. The fourth-order valence-corrected chi connectivity index (χ4v) is 4.76. The Balaban J connectivity index is 1.39. The Kier molecular flexibility index (Phi) is 7.10. The van der Waals surface area contributed by atoms with Crippen molar-refractivity contribution in [3.05, 3.63) is 81.4 Å². The lowest BCUT2D eigenvalue weighted by Crippen LogP contribution is -2.39. The van der Waals surface area contributed by atoms with Crippen molar-refractivity contribution in [2.45, 2.75) is 66.0 Å². The van der Waals surface area contributed by atoms with Crippen LogP contribution in [0.15, 0.2) is 36.5 Å². The van der Waals surface area contributed by atoms with Gasteiger partial charge in [-0.15, -0.1) is 0 Å². The van der Waals surface area contributed by atoms with E-state index < -0.39 is 0 Å². The van der Waals surface area contributed by atoms with Crippen LogP contribution in [0.25, 0.3) is 0 Å². The van der Waals surface area contributed by atoms with Crippen LogP contribution in [0.4, 0.5) is 0 Å². The molecule has 0 fully saturated rings. The van der Waals surface area contributed by atoms with Crippen LogP contribution >= 0.6 is 0 Å². The number of carbonyl (C=O) groups is 2. The van der Waals surface area contributed by atoms with Gasteiger partial charge in [0, 0.05) is 43.6 Å². The molecule has 0 saturated carbocycles. The first-order chi connectivity index (χ1) is 16.3. The molecular weight excluding hydrogens is 426 g/mol. The van der Waals surface area contributed by atoms with Gasteiger partial charge in [0.25, 0.3) is 0 Å². The first kappa shape index (κ1) is 23.7. The number of nitrogens with one attached hydrogen (secondary N) is 2. The molecule has 0 spiro atoms. The summed E-state index contributed by atoms with van der Waals surface area (Å²) in [6.45, 7) is 9.57. The molecule has 34 heavy (non-hydrogen) atoms. The lowest BCUT2D eigenvalue weighted by molar-refractivity contribution is -0.133. The summed E-state index contributed by atoms with van der Waals surface area (Å²) in [5.74, 6) is -0.0270. The number of benzene rings is 1. The number of hydrogen-bond donors (Lipinski definition) is 2. The van der Waals surface area contributed by atoms with Crippen LogP contribution in [0.5, 0.6) is 0 Å². The first-order valence-electron chi connectivity index (χ1n) is 11.9. The van der Waals surface area contributed by atoms with Gasteiger partial charge in [-0.05, 0) is 68.4 Å². The highest BCUT2D eigenvalue weighted by Crippen LogP contribution is 2.27. The molecule has 0 radical (unpaired) electrons. The van der Waals surface area contributed by atoms with Crippen LogP contribution in [0.3, 0.4) is 0 Å². The largest absolute Gasteiger partial charge is 0.352 e. The fraction of sp³-hybridized carbons (Fsp3) is 0.407. The fourth-order valence-electron chi connectivity index (χ4n) is 4.76. The van der Waals surface area contributed by atoms with Gasteiger partial charge in [0.15, 0.2) is 0 Å². The molecular formula is C27H33N5O2. The van der Waals surface area contributed by atoms with Gasteiger partial charge < -0.3 is 10.2 Å². The van der Waals surface area contributed by atoms with Crippen molar-refractivity contribution in [2.75, 3.05) is 6.54 Å². The monoisotopic (exact) mass is 459 g/mol. The van der Waals surface area contributed by atoms with E-state index in [1.54, 1.807) is 0 Å². The number of fused-ring (bicyclic) bond motifs is 1. The van der Waals surface area contributed by atoms with Gasteiger partial charge >= 0.3 is 0 Å². The molecule has 1 aliphatic rings. The molecule has 7 nitrogen and oxygen atoms in total. The van der Waals surface area contributed by atoms with Gasteiger partial charge in [0.1, 0.15) is 0 Å². The molecule has 178 valence electrons. The molecule has 1 aliphatic heterocycles. The molecule has 2 aromatic heterocycles. The van der Waals surface area contributed by atoms with Crippen LogP contribution in [0, 0.1) is 20.8 Å². The Morgan fingerprint density at radius 3 is 2.59 bits per heavy atom. The number of carbonyl (C=O) groups excluding carboxylic acids is 2. The molecule has 0 aliphatic carbocycles. The van der Waals surface area contributed by atoms with E-state index in [-0.39, 0.29) is 17.7 Å². The minimum absolute atomic E-state index is 0.0151. The maximum Gasteiger partial charge on any atom is 0.230 e. The zero-order valence-corrected chi connectivity index (χ0v) is 20.4. The number of rotatable bonds is 7. The Labute approximate surface area is 201 Å². The number of pyridine rings is 1. The molecule has 3 aromatic rings. The number of aryl methyl sites for hydroxylation is 3. The molecule has 7 heteroatoms. The second-order valence-electron chi connectivity index (χ2n) is 9.16. The van der Waals surface area contributed by atoms with Crippen molar-refractivity contribution in [1.82, 2.24) is 25.4 Å². The highest BCUT2D eigenvalue weighted by Gasteiger charge is 2.27. The van der Waals surface area contributed by atoms with Gasteiger partial charge in [-0.3, -0.25) is 19.7 Å². The third-order valence-electron chi connectivity index (χ3n) is 6.92. The van der Waals surface area contributed by atoms with Gasteiger partial charge in [0.2, 0.25) is 11.8 Å². The predicted molar refractivity (Wildman–Crippen MR) is 131 cm³/mol. The maximum absolute atomic E-state index is 13.1. The number of nitrogens with zero attached hydrogens (tertiary/aromatic N) is 3.